The number of carbonyl (C=O) groups is 1. The van der Waals surface area contributed by atoms with E-state index in [4.69, 9.17) is 14.2 Å². The molecular weight excluding hydrogens is 420 g/mol. The number of hydrogen-bond acceptors (Lipinski definition) is 5. The van der Waals surface area contributed by atoms with Crippen molar-refractivity contribution in [2.24, 2.45) is 0 Å². The van der Waals surface area contributed by atoms with E-state index in [1.165, 1.54) is 0 Å². The number of aromatic carboxylic acids is 1. The smallest absolute Gasteiger partial charge is 0.337 e. The molecule has 1 heterocycles. The third-order valence-corrected chi connectivity index (χ3v) is 5.99. The number of nitrogens with zero attached hydrogens (tertiary/aromatic N) is 1. The van der Waals surface area contributed by atoms with E-state index >= 15 is 0 Å². The molecule has 176 valence electrons. The summed E-state index contributed by atoms with van der Waals surface area (Å²) < 4.78 is 18.0. The van der Waals surface area contributed by atoms with Crippen LogP contribution in [-0.2, 0) is 19.5 Å². The third kappa shape index (κ3) is 5.49. The number of methoxy groups -OCH3 is 3. The Kier molecular flexibility index (Phi) is 8.01. The Morgan fingerprint density at radius 1 is 0.939 bits per heavy atom. The van der Waals surface area contributed by atoms with Gasteiger partial charge in [-0.25, -0.2) is 4.79 Å². The Morgan fingerprint density at radius 3 is 2.21 bits per heavy atom. The molecule has 0 radical (unpaired) electrons. The van der Waals surface area contributed by atoms with E-state index in [1.807, 2.05) is 56.3 Å². The van der Waals surface area contributed by atoms with E-state index in [0.29, 0.717) is 25.2 Å². The van der Waals surface area contributed by atoms with E-state index in [9.17, 15) is 9.90 Å². The highest BCUT2D eigenvalue weighted by molar-refractivity contribution is 5.91. The molecule has 0 fully saturated rings. The highest BCUT2D eigenvalue weighted by Crippen LogP contribution is 2.26. The molecule has 7 heteroatoms. The number of nitrogens with one attached hydrogen (secondary N) is 1. The van der Waals surface area contributed by atoms with Crippen LogP contribution in [0.15, 0.2) is 42.5 Å². The molecule has 0 amide bonds. The van der Waals surface area contributed by atoms with Gasteiger partial charge in [-0.15, -0.1) is 0 Å². The van der Waals surface area contributed by atoms with Gasteiger partial charge in [0.25, 0.3) is 0 Å². The Balaban J connectivity index is 1.73. The normalized spacial score (nSPS) is 10.8. The number of benzene rings is 2. The molecule has 0 aliphatic heterocycles. The monoisotopic (exact) mass is 452 g/mol. The molecule has 0 aliphatic rings. The van der Waals surface area contributed by atoms with Crippen molar-refractivity contribution in [3.8, 4) is 17.2 Å². The molecule has 2 N–H and O–H groups in total. The van der Waals surface area contributed by atoms with Gasteiger partial charge >= 0.3 is 5.97 Å². The average molecular weight is 453 g/mol. The topological polar surface area (TPSA) is 82.0 Å². The van der Waals surface area contributed by atoms with E-state index < -0.39 is 5.97 Å². The summed E-state index contributed by atoms with van der Waals surface area (Å²) in [6, 6.07) is 13.6. The van der Waals surface area contributed by atoms with Gasteiger partial charge in [0.05, 0.1) is 26.9 Å². The second-order valence-corrected chi connectivity index (χ2v) is 7.87. The quantitative estimate of drug-likeness (QED) is 0.424. The lowest BCUT2D eigenvalue weighted by atomic mass is 10.1. The van der Waals surface area contributed by atoms with Crippen molar-refractivity contribution in [2.75, 3.05) is 27.9 Å². The van der Waals surface area contributed by atoms with Gasteiger partial charge in [-0.3, -0.25) is 0 Å². The first kappa shape index (κ1) is 24.2. The summed E-state index contributed by atoms with van der Waals surface area (Å²) >= 11 is 0. The number of hydrogen-bond donors (Lipinski definition) is 2. The first-order chi connectivity index (χ1) is 15.9. The van der Waals surface area contributed by atoms with E-state index in [1.54, 1.807) is 21.3 Å². The second kappa shape index (κ2) is 10.9. The molecule has 0 bridgehead atoms. The molecule has 3 rings (SSSR count). The van der Waals surface area contributed by atoms with Crippen LogP contribution in [0.1, 0.15) is 38.4 Å². The molecule has 1 aromatic heterocycles. The minimum absolute atomic E-state index is 0.371. The zero-order valence-electron chi connectivity index (χ0n) is 19.9. The molecule has 0 saturated heterocycles. The maximum atomic E-state index is 12.1. The standard InChI is InChI=1S/C26H32N2O5/c1-17-23(15-27-13-12-20-8-11-22(32-4)14-24(20)33-5)25(26(29)30)18(2)28(17)16-19-6-9-21(31-3)10-7-19/h6-11,14,27H,12-13,15-16H2,1-5H3,(H,29,30). The van der Waals surface area contributed by atoms with Crippen LogP contribution in [0.5, 0.6) is 17.2 Å². The Hall–Kier alpha value is -3.45. The lowest BCUT2D eigenvalue weighted by molar-refractivity contribution is 0.0694. The molecule has 0 unspecified atom stereocenters. The molecular formula is C26H32N2O5. The summed E-state index contributed by atoms with van der Waals surface area (Å²) in [4.78, 5) is 12.1. The average Bonchev–Trinajstić information content (AvgIpc) is 3.06. The van der Waals surface area contributed by atoms with E-state index in [-0.39, 0.29) is 0 Å². The predicted octanol–water partition coefficient (Wildman–Crippen LogP) is 4.21. The maximum Gasteiger partial charge on any atom is 0.337 e. The van der Waals surface area contributed by atoms with Crippen molar-refractivity contribution < 1.29 is 24.1 Å². The summed E-state index contributed by atoms with van der Waals surface area (Å²) in [6.45, 7) is 5.61. The minimum atomic E-state index is -0.905. The fraction of sp³-hybridized carbons (Fsp3) is 0.346. The maximum absolute atomic E-state index is 12.1. The van der Waals surface area contributed by atoms with Gasteiger partial charge in [0.1, 0.15) is 17.2 Å². The van der Waals surface area contributed by atoms with Gasteiger partial charge < -0.3 is 29.2 Å². The van der Waals surface area contributed by atoms with Crippen molar-refractivity contribution in [3.63, 3.8) is 0 Å². The molecule has 3 aromatic rings. The molecule has 0 aliphatic carbocycles. The van der Waals surface area contributed by atoms with Crippen molar-refractivity contribution >= 4 is 5.97 Å². The van der Waals surface area contributed by atoms with Crippen LogP contribution >= 0.6 is 0 Å². The highest BCUT2D eigenvalue weighted by Gasteiger charge is 2.22. The number of aromatic nitrogens is 1. The Bertz CT molecular complexity index is 1100. The minimum Gasteiger partial charge on any atom is -0.497 e. The number of rotatable bonds is 11. The summed E-state index contributed by atoms with van der Waals surface area (Å²) in [5.41, 5.74) is 5.04. The third-order valence-electron chi connectivity index (χ3n) is 5.99. The van der Waals surface area contributed by atoms with Crippen molar-refractivity contribution in [1.82, 2.24) is 9.88 Å². The van der Waals surface area contributed by atoms with Crippen LogP contribution in [0.2, 0.25) is 0 Å². The number of carboxylic acid groups (broad SMARTS) is 1. The van der Waals surface area contributed by atoms with E-state index in [0.717, 1.165) is 51.7 Å². The van der Waals surface area contributed by atoms with Gasteiger partial charge in [-0.05, 0) is 56.1 Å². The van der Waals surface area contributed by atoms with E-state index in [2.05, 4.69) is 9.88 Å². The first-order valence-electron chi connectivity index (χ1n) is 10.9. The zero-order valence-corrected chi connectivity index (χ0v) is 19.9. The number of carboxylic acids is 1. The fourth-order valence-corrected chi connectivity index (χ4v) is 4.09. The van der Waals surface area contributed by atoms with Crippen molar-refractivity contribution in [1.29, 1.82) is 0 Å². The summed E-state index contributed by atoms with van der Waals surface area (Å²) in [6.07, 6.45) is 0.750. The van der Waals surface area contributed by atoms with Crippen molar-refractivity contribution in [2.45, 2.75) is 33.4 Å². The molecule has 0 atom stereocenters. The van der Waals surface area contributed by atoms with Gasteiger partial charge in [0.15, 0.2) is 0 Å². The summed E-state index contributed by atoms with van der Waals surface area (Å²) in [7, 11) is 4.90. The summed E-state index contributed by atoms with van der Waals surface area (Å²) in [5, 5.41) is 13.3. The Labute approximate surface area is 194 Å². The van der Waals surface area contributed by atoms with Crippen LogP contribution in [-0.4, -0.2) is 43.5 Å². The lowest BCUT2D eigenvalue weighted by Gasteiger charge is -2.12. The van der Waals surface area contributed by atoms with Crippen LogP contribution in [0.3, 0.4) is 0 Å². The zero-order chi connectivity index (χ0) is 24.0. The summed E-state index contributed by atoms with van der Waals surface area (Å²) in [5.74, 6) is 1.42. The van der Waals surface area contributed by atoms with Crippen LogP contribution in [0, 0.1) is 13.8 Å². The molecule has 0 saturated carbocycles. The molecule has 2 aromatic carbocycles. The second-order valence-electron chi connectivity index (χ2n) is 7.87. The first-order valence-corrected chi connectivity index (χ1v) is 10.9. The lowest BCUT2D eigenvalue weighted by Crippen LogP contribution is -2.19. The van der Waals surface area contributed by atoms with Gasteiger partial charge in [0, 0.05) is 36.1 Å². The number of ether oxygens (including phenoxy) is 3. The predicted molar refractivity (Wildman–Crippen MR) is 128 cm³/mol. The van der Waals surface area contributed by atoms with Gasteiger partial charge in [-0.1, -0.05) is 18.2 Å². The van der Waals surface area contributed by atoms with Gasteiger partial charge in [-0.2, -0.15) is 0 Å². The van der Waals surface area contributed by atoms with Crippen LogP contribution in [0.4, 0.5) is 0 Å². The molecule has 0 spiro atoms. The fourth-order valence-electron chi connectivity index (χ4n) is 4.09. The van der Waals surface area contributed by atoms with Crippen LogP contribution in [0.25, 0.3) is 0 Å². The van der Waals surface area contributed by atoms with Crippen LogP contribution < -0.4 is 19.5 Å². The van der Waals surface area contributed by atoms with Crippen molar-refractivity contribution in [3.05, 3.63) is 76.1 Å². The SMILES string of the molecule is COc1ccc(Cn2c(C)c(CNCCc3ccc(OC)cc3OC)c(C(=O)O)c2C)cc1. The molecule has 7 nitrogen and oxygen atoms in total. The molecule has 33 heavy (non-hydrogen) atoms. The Morgan fingerprint density at radius 2 is 1.61 bits per heavy atom. The van der Waals surface area contributed by atoms with Gasteiger partial charge in [0.2, 0.25) is 0 Å². The highest BCUT2D eigenvalue weighted by atomic mass is 16.5. The largest absolute Gasteiger partial charge is 0.497 e.